The Morgan fingerprint density at radius 1 is 1.30 bits per heavy atom. The number of carbonyl (C=O) groups excluding carboxylic acids is 1. The van der Waals surface area contributed by atoms with E-state index >= 15 is 0 Å². The second kappa shape index (κ2) is 10.4. The molecule has 7 heteroatoms. The fourth-order valence-corrected chi connectivity index (χ4v) is 4.66. The van der Waals surface area contributed by atoms with Crippen molar-refractivity contribution in [2.24, 2.45) is 10.9 Å². The fourth-order valence-electron chi connectivity index (χ4n) is 3.86. The van der Waals surface area contributed by atoms with Crippen molar-refractivity contribution in [3.63, 3.8) is 0 Å². The molecule has 3 atom stereocenters. The first kappa shape index (κ1) is 22.2. The van der Waals surface area contributed by atoms with E-state index in [0.29, 0.717) is 12.0 Å². The second-order valence-corrected chi connectivity index (χ2v) is 9.87. The van der Waals surface area contributed by atoms with Gasteiger partial charge in [0.1, 0.15) is 5.60 Å². The fraction of sp³-hybridized carbons (Fsp3) is 0.900. The van der Waals surface area contributed by atoms with Crippen LogP contribution in [0.5, 0.6) is 0 Å². The number of amides is 1. The third-order valence-corrected chi connectivity index (χ3v) is 6.39. The van der Waals surface area contributed by atoms with Crippen LogP contribution in [0.3, 0.4) is 0 Å². The molecule has 27 heavy (non-hydrogen) atoms. The van der Waals surface area contributed by atoms with E-state index in [-0.39, 0.29) is 6.09 Å². The van der Waals surface area contributed by atoms with E-state index in [9.17, 15) is 4.79 Å². The van der Waals surface area contributed by atoms with Crippen molar-refractivity contribution >= 4 is 23.8 Å². The Balaban J connectivity index is 1.70. The maximum atomic E-state index is 12.3. The SMILES string of the molecule is CN=C(NCCC1CCCN(C(=O)OC(C)(C)C)C1)NC1CCC(SC)C1. The van der Waals surface area contributed by atoms with Crippen LogP contribution in [0.25, 0.3) is 0 Å². The van der Waals surface area contributed by atoms with E-state index < -0.39 is 5.60 Å². The summed E-state index contributed by atoms with van der Waals surface area (Å²) in [6.45, 7) is 8.23. The molecule has 0 spiro atoms. The molecule has 0 aromatic carbocycles. The summed E-state index contributed by atoms with van der Waals surface area (Å²) in [6.07, 6.45) is 9.01. The number of ether oxygens (including phenoxy) is 1. The van der Waals surface area contributed by atoms with E-state index in [1.54, 1.807) is 0 Å². The maximum Gasteiger partial charge on any atom is 0.410 e. The highest BCUT2D eigenvalue weighted by Crippen LogP contribution is 2.28. The van der Waals surface area contributed by atoms with Crippen LogP contribution in [-0.2, 0) is 4.74 Å². The van der Waals surface area contributed by atoms with Crippen molar-refractivity contribution in [3.8, 4) is 0 Å². The van der Waals surface area contributed by atoms with Crippen LogP contribution in [0.2, 0.25) is 0 Å². The minimum absolute atomic E-state index is 0.179. The van der Waals surface area contributed by atoms with Gasteiger partial charge in [-0.05, 0) is 71.5 Å². The summed E-state index contributed by atoms with van der Waals surface area (Å²) < 4.78 is 5.52. The highest BCUT2D eigenvalue weighted by Gasteiger charge is 2.28. The van der Waals surface area contributed by atoms with Gasteiger partial charge in [0.25, 0.3) is 0 Å². The van der Waals surface area contributed by atoms with Crippen molar-refractivity contribution in [2.75, 3.05) is 32.9 Å². The zero-order chi connectivity index (χ0) is 19.9. The average molecular weight is 399 g/mol. The minimum atomic E-state index is -0.431. The first-order valence-electron chi connectivity index (χ1n) is 10.3. The van der Waals surface area contributed by atoms with Gasteiger partial charge in [0, 0.05) is 38.0 Å². The summed E-state index contributed by atoms with van der Waals surface area (Å²) in [5.74, 6) is 1.42. The van der Waals surface area contributed by atoms with Crippen molar-refractivity contribution < 1.29 is 9.53 Å². The van der Waals surface area contributed by atoms with Crippen LogP contribution in [0.15, 0.2) is 4.99 Å². The van der Waals surface area contributed by atoms with Crippen LogP contribution < -0.4 is 10.6 Å². The van der Waals surface area contributed by atoms with Crippen LogP contribution in [-0.4, -0.2) is 66.8 Å². The number of thioether (sulfide) groups is 1. The van der Waals surface area contributed by atoms with E-state index in [4.69, 9.17) is 4.74 Å². The summed E-state index contributed by atoms with van der Waals surface area (Å²) in [6, 6.07) is 0.533. The molecule has 1 heterocycles. The Kier molecular flexibility index (Phi) is 8.58. The number of hydrogen-bond acceptors (Lipinski definition) is 4. The van der Waals surface area contributed by atoms with E-state index in [0.717, 1.165) is 43.7 Å². The molecule has 1 saturated carbocycles. The number of likely N-dealkylation sites (tertiary alicyclic amines) is 1. The molecular weight excluding hydrogens is 360 g/mol. The average Bonchev–Trinajstić information content (AvgIpc) is 3.07. The molecule has 1 saturated heterocycles. The molecule has 0 aromatic rings. The molecular formula is C20H38N4O2S. The number of nitrogens with zero attached hydrogens (tertiary/aromatic N) is 2. The lowest BCUT2D eigenvalue weighted by Crippen LogP contribution is -2.45. The molecule has 0 bridgehead atoms. The number of piperidine rings is 1. The monoisotopic (exact) mass is 398 g/mol. The second-order valence-electron chi connectivity index (χ2n) is 8.73. The van der Waals surface area contributed by atoms with Gasteiger partial charge in [-0.25, -0.2) is 4.79 Å². The van der Waals surface area contributed by atoms with Crippen molar-refractivity contribution in [3.05, 3.63) is 0 Å². The Labute approximate surface area is 169 Å². The van der Waals surface area contributed by atoms with E-state index in [1.165, 1.54) is 25.7 Å². The Bertz CT molecular complexity index is 507. The van der Waals surface area contributed by atoms with Gasteiger partial charge in [-0.3, -0.25) is 4.99 Å². The molecule has 2 rings (SSSR count). The summed E-state index contributed by atoms with van der Waals surface area (Å²) >= 11 is 1.97. The van der Waals surface area contributed by atoms with Gasteiger partial charge in [-0.2, -0.15) is 11.8 Å². The number of hydrogen-bond donors (Lipinski definition) is 2. The van der Waals surface area contributed by atoms with Gasteiger partial charge >= 0.3 is 6.09 Å². The van der Waals surface area contributed by atoms with Crippen LogP contribution in [0, 0.1) is 5.92 Å². The normalized spacial score (nSPS) is 26.8. The number of nitrogens with one attached hydrogen (secondary N) is 2. The smallest absolute Gasteiger partial charge is 0.410 e. The molecule has 1 aliphatic carbocycles. The topological polar surface area (TPSA) is 66.0 Å². The molecule has 3 unspecified atom stereocenters. The molecule has 1 amide bonds. The standard InChI is InChI=1S/C20H38N4O2S/c1-20(2,3)26-19(25)24-12-6-7-15(14-24)10-11-22-18(21-4)23-16-8-9-17(13-16)27-5/h15-17H,6-14H2,1-5H3,(H2,21,22,23). The predicted octanol–water partition coefficient (Wildman–Crippen LogP) is 3.47. The summed E-state index contributed by atoms with van der Waals surface area (Å²) in [5, 5.41) is 7.80. The van der Waals surface area contributed by atoms with Crippen molar-refractivity contribution in [1.82, 2.24) is 15.5 Å². The first-order chi connectivity index (χ1) is 12.8. The molecule has 2 aliphatic rings. The Morgan fingerprint density at radius 3 is 2.70 bits per heavy atom. The van der Waals surface area contributed by atoms with Gasteiger partial charge in [-0.1, -0.05) is 0 Å². The third kappa shape index (κ3) is 7.80. The zero-order valence-corrected chi connectivity index (χ0v) is 18.5. The molecule has 0 aromatic heterocycles. The quantitative estimate of drug-likeness (QED) is 0.548. The molecule has 156 valence electrons. The number of guanidine groups is 1. The van der Waals surface area contributed by atoms with Gasteiger partial charge in [0.2, 0.25) is 0 Å². The van der Waals surface area contributed by atoms with Crippen LogP contribution in [0.4, 0.5) is 4.79 Å². The first-order valence-corrected chi connectivity index (χ1v) is 11.6. The van der Waals surface area contributed by atoms with Gasteiger partial charge in [0.15, 0.2) is 5.96 Å². The van der Waals surface area contributed by atoms with Crippen molar-refractivity contribution in [1.29, 1.82) is 0 Å². The van der Waals surface area contributed by atoms with E-state index in [1.807, 2.05) is 44.5 Å². The lowest BCUT2D eigenvalue weighted by Gasteiger charge is -2.34. The predicted molar refractivity (Wildman–Crippen MR) is 115 cm³/mol. The highest BCUT2D eigenvalue weighted by molar-refractivity contribution is 7.99. The van der Waals surface area contributed by atoms with Gasteiger partial charge < -0.3 is 20.3 Å². The zero-order valence-electron chi connectivity index (χ0n) is 17.7. The summed E-state index contributed by atoms with van der Waals surface area (Å²) in [7, 11) is 1.83. The van der Waals surface area contributed by atoms with Gasteiger partial charge in [-0.15, -0.1) is 0 Å². The highest BCUT2D eigenvalue weighted by atomic mass is 32.2. The van der Waals surface area contributed by atoms with E-state index in [2.05, 4.69) is 21.9 Å². The molecule has 2 fully saturated rings. The summed E-state index contributed by atoms with van der Waals surface area (Å²) in [4.78, 5) is 18.5. The lowest BCUT2D eigenvalue weighted by molar-refractivity contribution is 0.0162. The van der Waals surface area contributed by atoms with Crippen molar-refractivity contribution in [2.45, 2.75) is 76.2 Å². The number of rotatable bonds is 5. The Hall–Kier alpha value is -1.11. The maximum absolute atomic E-state index is 12.3. The number of aliphatic imine (C=N–C) groups is 1. The van der Waals surface area contributed by atoms with Crippen LogP contribution >= 0.6 is 11.8 Å². The van der Waals surface area contributed by atoms with Crippen LogP contribution in [0.1, 0.15) is 59.3 Å². The Morgan fingerprint density at radius 2 is 2.07 bits per heavy atom. The molecule has 0 radical (unpaired) electrons. The lowest BCUT2D eigenvalue weighted by atomic mass is 9.95. The minimum Gasteiger partial charge on any atom is -0.444 e. The third-order valence-electron chi connectivity index (χ3n) is 5.30. The molecule has 6 nitrogen and oxygen atoms in total. The van der Waals surface area contributed by atoms with Gasteiger partial charge in [0.05, 0.1) is 0 Å². The molecule has 2 N–H and O–H groups in total. The number of carbonyl (C=O) groups is 1. The largest absolute Gasteiger partial charge is 0.444 e. The summed E-state index contributed by atoms with van der Waals surface area (Å²) in [5.41, 5.74) is -0.431. The molecule has 1 aliphatic heterocycles.